The Kier molecular flexibility index (Phi) is 5.41. The summed E-state index contributed by atoms with van der Waals surface area (Å²) >= 11 is 0. The van der Waals surface area contributed by atoms with E-state index in [1.807, 2.05) is 31.2 Å². The van der Waals surface area contributed by atoms with Crippen molar-refractivity contribution in [2.24, 2.45) is 0 Å². The first kappa shape index (κ1) is 15.9. The summed E-state index contributed by atoms with van der Waals surface area (Å²) in [6, 6.07) is 9.38. The van der Waals surface area contributed by atoms with Crippen molar-refractivity contribution < 1.29 is 14.1 Å². The van der Waals surface area contributed by atoms with Crippen molar-refractivity contribution in [2.75, 3.05) is 12.4 Å². The highest BCUT2D eigenvalue weighted by molar-refractivity contribution is 5.88. The quantitative estimate of drug-likeness (QED) is 0.859. The number of hydrogen-bond acceptors (Lipinski definition) is 4. The lowest BCUT2D eigenvalue weighted by Gasteiger charge is -2.13. The number of carbonyl (C=O) groups is 1. The molecule has 0 bridgehead atoms. The van der Waals surface area contributed by atoms with E-state index >= 15 is 0 Å². The molecule has 0 aliphatic carbocycles. The van der Waals surface area contributed by atoms with E-state index in [2.05, 4.69) is 15.8 Å². The number of anilines is 1. The summed E-state index contributed by atoms with van der Waals surface area (Å²) in [6.07, 6.45) is 1.73. The van der Waals surface area contributed by atoms with Crippen LogP contribution in [0.25, 0.3) is 0 Å². The molecule has 0 fully saturated rings. The molecule has 0 aliphatic heterocycles. The van der Waals surface area contributed by atoms with Gasteiger partial charge in [-0.05, 0) is 44.4 Å². The maximum atomic E-state index is 11.8. The van der Waals surface area contributed by atoms with Gasteiger partial charge in [0.1, 0.15) is 11.5 Å². The van der Waals surface area contributed by atoms with Crippen LogP contribution in [-0.4, -0.2) is 24.3 Å². The SMILES string of the molecule is COc1ccc(CC[C@H](C)NC(=O)Nc2cc(C)on2)cc1. The van der Waals surface area contributed by atoms with Crippen LogP contribution in [0.3, 0.4) is 0 Å². The second-order valence-corrected chi connectivity index (χ2v) is 5.21. The van der Waals surface area contributed by atoms with E-state index in [0.29, 0.717) is 11.6 Å². The first-order chi connectivity index (χ1) is 10.6. The number of nitrogens with zero attached hydrogens (tertiary/aromatic N) is 1. The third kappa shape index (κ3) is 4.80. The number of ether oxygens (including phenoxy) is 1. The van der Waals surface area contributed by atoms with E-state index in [4.69, 9.17) is 9.26 Å². The van der Waals surface area contributed by atoms with E-state index < -0.39 is 0 Å². The molecule has 0 saturated heterocycles. The van der Waals surface area contributed by atoms with E-state index in [1.54, 1.807) is 20.1 Å². The lowest BCUT2D eigenvalue weighted by Crippen LogP contribution is -2.36. The number of methoxy groups -OCH3 is 1. The third-order valence-corrected chi connectivity index (χ3v) is 3.27. The van der Waals surface area contributed by atoms with Crippen LogP contribution in [0, 0.1) is 6.92 Å². The van der Waals surface area contributed by atoms with E-state index in [9.17, 15) is 4.79 Å². The zero-order valence-corrected chi connectivity index (χ0v) is 13.1. The normalized spacial score (nSPS) is 11.8. The Morgan fingerprint density at radius 2 is 2.09 bits per heavy atom. The third-order valence-electron chi connectivity index (χ3n) is 3.27. The molecular formula is C16H21N3O3. The van der Waals surface area contributed by atoms with Crippen LogP contribution in [0.5, 0.6) is 5.75 Å². The van der Waals surface area contributed by atoms with E-state index in [0.717, 1.165) is 18.6 Å². The van der Waals surface area contributed by atoms with Crippen molar-refractivity contribution >= 4 is 11.8 Å². The molecule has 0 aliphatic rings. The predicted octanol–water partition coefficient (Wildman–Crippen LogP) is 3.13. The van der Waals surface area contributed by atoms with Crippen molar-refractivity contribution in [3.05, 3.63) is 41.7 Å². The van der Waals surface area contributed by atoms with Crippen LogP contribution in [-0.2, 0) is 6.42 Å². The van der Waals surface area contributed by atoms with Crippen molar-refractivity contribution in [3.8, 4) is 5.75 Å². The molecule has 118 valence electrons. The zero-order valence-electron chi connectivity index (χ0n) is 13.1. The van der Waals surface area contributed by atoms with Crippen LogP contribution in [0.15, 0.2) is 34.9 Å². The number of hydrogen-bond donors (Lipinski definition) is 2. The summed E-state index contributed by atoms with van der Waals surface area (Å²) in [7, 11) is 1.65. The molecule has 0 spiro atoms. The zero-order chi connectivity index (χ0) is 15.9. The minimum absolute atomic E-state index is 0.0510. The fraction of sp³-hybridized carbons (Fsp3) is 0.375. The minimum Gasteiger partial charge on any atom is -0.497 e. The first-order valence-electron chi connectivity index (χ1n) is 7.20. The number of rotatable bonds is 6. The molecule has 2 amide bonds. The van der Waals surface area contributed by atoms with Gasteiger partial charge in [-0.3, -0.25) is 5.32 Å². The molecule has 2 N–H and O–H groups in total. The summed E-state index contributed by atoms with van der Waals surface area (Å²) in [4.78, 5) is 11.8. The van der Waals surface area contributed by atoms with Crippen molar-refractivity contribution in [3.63, 3.8) is 0 Å². The van der Waals surface area contributed by atoms with Crippen LogP contribution in [0.2, 0.25) is 0 Å². The highest BCUT2D eigenvalue weighted by Gasteiger charge is 2.09. The summed E-state index contributed by atoms with van der Waals surface area (Å²) in [5.74, 6) is 1.91. The molecule has 0 saturated carbocycles. The maximum Gasteiger partial charge on any atom is 0.320 e. The van der Waals surface area contributed by atoms with Crippen molar-refractivity contribution in [1.82, 2.24) is 10.5 Å². The smallest absolute Gasteiger partial charge is 0.320 e. The molecular weight excluding hydrogens is 282 g/mol. The minimum atomic E-state index is -0.282. The molecule has 1 aromatic carbocycles. The van der Waals surface area contributed by atoms with Gasteiger partial charge in [-0.1, -0.05) is 17.3 Å². The van der Waals surface area contributed by atoms with Gasteiger partial charge in [0.25, 0.3) is 0 Å². The Morgan fingerprint density at radius 1 is 1.36 bits per heavy atom. The van der Waals surface area contributed by atoms with Crippen molar-refractivity contribution in [2.45, 2.75) is 32.7 Å². The first-order valence-corrected chi connectivity index (χ1v) is 7.20. The molecule has 6 nitrogen and oxygen atoms in total. The van der Waals surface area contributed by atoms with Crippen LogP contribution >= 0.6 is 0 Å². The Morgan fingerprint density at radius 3 is 2.68 bits per heavy atom. The van der Waals surface area contributed by atoms with Gasteiger partial charge in [-0.2, -0.15) is 0 Å². The van der Waals surface area contributed by atoms with Crippen LogP contribution in [0.1, 0.15) is 24.7 Å². The number of aromatic nitrogens is 1. The molecule has 0 unspecified atom stereocenters. The highest BCUT2D eigenvalue weighted by Crippen LogP contribution is 2.13. The monoisotopic (exact) mass is 303 g/mol. The Bertz CT molecular complexity index is 607. The highest BCUT2D eigenvalue weighted by atomic mass is 16.5. The van der Waals surface area contributed by atoms with Gasteiger partial charge in [-0.25, -0.2) is 4.79 Å². The number of benzene rings is 1. The van der Waals surface area contributed by atoms with Gasteiger partial charge in [0.05, 0.1) is 7.11 Å². The summed E-state index contributed by atoms with van der Waals surface area (Å²) in [6.45, 7) is 3.74. The van der Waals surface area contributed by atoms with Gasteiger partial charge in [-0.15, -0.1) is 0 Å². The summed E-state index contributed by atoms with van der Waals surface area (Å²) in [5.41, 5.74) is 1.21. The van der Waals surface area contributed by atoms with E-state index in [-0.39, 0.29) is 12.1 Å². The average molecular weight is 303 g/mol. The Labute approximate surface area is 129 Å². The predicted molar refractivity (Wildman–Crippen MR) is 84.2 cm³/mol. The lowest BCUT2D eigenvalue weighted by atomic mass is 10.1. The number of aryl methyl sites for hydroxylation is 2. The molecule has 0 radical (unpaired) electrons. The maximum absolute atomic E-state index is 11.8. The molecule has 6 heteroatoms. The van der Waals surface area contributed by atoms with Gasteiger partial charge in [0.15, 0.2) is 5.82 Å². The van der Waals surface area contributed by atoms with Gasteiger partial charge in [0.2, 0.25) is 0 Å². The van der Waals surface area contributed by atoms with Crippen molar-refractivity contribution in [1.29, 1.82) is 0 Å². The number of urea groups is 1. The second-order valence-electron chi connectivity index (χ2n) is 5.21. The molecule has 22 heavy (non-hydrogen) atoms. The van der Waals surface area contributed by atoms with Gasteiger partial charge < -0.3 is 14.6 Å². The molecule has 1 heterocycles. The van der Waals surface area contributed by atoms with Crippen LogP contribution in [0.4, 0.5) is 10.6 Å². The average Bonchev–Trinajstić information content (AvgIpc) is 2.90. The number of amides is 2. The van der Waals surface area contributed by atoms with Gasteiger partial charge in [0, 0.05) is 12.1 Å². The summed E-state index contributed by atoms with van der Waals surface area (Å²) < 4.78 is 10.0. The molecule has 2 rings (SSSR count). The fourth-order valence-corrected chi connectivity index (χ4v) is 2.05. The van der Waals surface area contributed by atoms with Gasteiger partial charge >= 0.3 is 6.03 Å². The second kappa shape index (κ2) is 7.49. The van der Waals surface area contributed by atoms with Crippen LogP contribution < -0.4 is 15.4 Å². The number of carbonyl (C=O) groups excluding carboxylic acids is 1. The Balaban J connectivity index is 1.74. The topological polar surface area (TPSA) is 76.4 Å². The lowest BCUT2D eigenvalue weighted by molar-refractivity contribution is 0.248. The summed E-state index contributed by atoms with van der Waals surface area (Å²) in [5, 5.41) is 9.22. The molecule has 1 aromatic heterocycles. The Hall–Kier alpha value is -2.50. The fourth-order valence-electron chi connectivity index (χ4n) is 2.05. The van der Waals surface area contributed by atoms with E-state index in [1.165, 1.54) is 5.56 Å². The molecule has 1 atom stereocenters. The number of nitrogens with one attached hydrogen (secondary N) is 2. The largest absolute Gasteiger partial charge is 0.497 e. The standard InChI is InChI=1S/C16H21N3O3/c1-11(4-5-13-6-8-14(21-3)9-7-13)17-16(20)18-15-10-12(2)22-19-15/h6-11H,4-5H2,1-3H3,(H2,17,18,19,20)/t11-/m0/s1. The molecule has 2 aromatic rings.